The molecule has 6 nitrogen and oxygen atoms in total. The van der Waals surface area contributed by atoms with Crippen LogP contribution in [0.15, 0.2) is 24.3 Å². The molecule has 0 radical (unpaired) electrons. The van der Waals surface area contributed by atoms with Crippen LogP contribution in [0, 0.1) is 6.92 Å². The number of anilines is 2. The van der Waals surface area contributed by atoms with E-state index in [9.17, 15) is 9.59 Å². The van der Waals surface area contributed by atoms with E-state index in [0.29, 0.717) is 26.4 Å². The second-order valence-corrected chi connectivity index (χ2v) is 8.12. The maximum absolute atomic E-state index is 12.6. The Balaban J connectivity index is 1.59. The van der Waals surface area contributed by atoms with E-state index in [-0.39, 0.29) is 11.9 Å². The lowest BCUT2D eigenvalue weighted by Gasteiger charge is -2.15. The normalized spacial score (nSPS) is 15.0. The number of aryl methyl sites for hydroxylation is 1. The Morgan fingerprint density at radius 3 is 2.59 bits per heavy atom. The minimum Gasteiger partial charge on any atom is -0.349 e. The Bertz CT molecular complexity index is 816. The first-order valence-corrected chi connectivity index (χ1v) is 10.3. The molecule has 1 aromatic heterocycles. The fraction of sp³-hybridized carbons (Fsp3) is 0.421. The molecule has 3 rings (SSSR count). The fourth-order valence-electron chi connectivity index (χ4n) is 3.16. The summed E-state index contributed by atoms with van der Waals surface area (Å²) in [6.07, 6.45) is 6.84. The van der Waals surface area contributed by atoms with Gasteiger partial charge in [0.05, 0.1) is 5.69 Å². The third-order valence-electron chi connectivity index (χ3n) is 4.50. The molecule has 8 heteroatoms. The van der Waals surface area contributed by atoms with Crippen molar-refractivity contribution < 1.29 is 9.59 Å². The minimum atomic E-state index is -0.429. The number of carbonyl (C=O) groups is 2. The molecular weight excluding hydrogens is 384 g/mol. The SMILES string of the molecule is Cc1nc(NC(=O)Nc2cccc(Cl)c2)sc1C(=O)NC1CCCCCC1. The van der Waals surface area contributed by atoms with Crippen LogP contribution in [0.3, 0.4) is 0 Å². The summed E-state index contributed by atoms with van der Waals surface area (Å²) in [4.78, 5) is 29.6. The summed E-state index contributed by atoms with van der Waals surface area (Å²) in [7, 11) is 0. The molecule has 1 heterocycles. The van der Waals surface area contributed by atoms with Crippen molar-refractivity contribution >= 4 is 45.7 Å². The molecule has 0 unspecified atom stereocenters. The summed E-state index contributed by atoms with van der Waals surface area (Å²) in [5.41, 5.74) is 1.20. The molecule has 0 aliphatic heterocycles. The summed E-state index contributed by atoms with van der Waals surface area (Å²) in [6.45, 7) is 1.78. The average Bonchev–Trinajstić information content (AvgIpc) is 2.80. The quantitative estimate of drug-likeness (QED) is 0.610. The summed E-state index contributed by atoms with van der Waals surface area (Å²) in [5, 5.41) is 9.41. The highest BCUT2D eigenvalue weighted by molar-refractivity contribution is 7.17. The van der Waals surface area contributed by atoms with E-state index in [4.69, 9.17) is 11.6 Å². The van der Waals surface area contributed by atoms with Gasteiger partial charge in [-0.2, -0.15) is 0 Å². The predicted molar refractivity (Wildman–Crippen MR) is 110 cm³/mol. The molecule has 2 aromatic rings. The van der Waals surface area contributed by atoms with Crippen molar-refractivity contribution in [3.63, 3.8) is 0 Å². The van der Waals surface area contributed by atoms with Gasteiger partial charge in [0.25, 0.3) is 5.91 Å². The van der Waals surface area contributed by atoms with Crippen LogP contribution in [0.1, 0.15) is 53.9 Å². The Labute approximate surface area is 167 Å². The first-order chi connectivity index (χ1) is 13.0. The van der Waals surface area contributed by atoms with Crippen molar-refractivity contribution in [2.75, 3.05) is 10.6 Å². The van der Waals surface area contributed by atoms with Gasteiger partial charge in [-0.05, 0) is 38.0 Å². The second kappa shape index (κ2) is 9.19. The van der Waals surface area contributed by atoms with Crippen LogP contribution in [-0.2, 0) is 0 Å². The number of thiazole rings is 1. The smallest absolute Gasteiger partial charge is 0.325 e. The highest BCUT2D eigenvalue weighted by atomic mass is 35.5. The average molecular weight is 407 g/mol. The molecular formula is C19H23ClN4O2S. The number of benzene rings is 1. The number of carbonyl (C=O) groups excluding carboxylic acids is 2. The van der Waals surface area contributed by atoms with Gasteiger partial charge < -0.3 is 10.6 Å². The fourth-order valence-corrected chi connectivity index (χ4v) is 4.22. The minimum absolute atomic E-state index is 0.111. The Morgan fingerprint density at radius 1 is 1.15 bits per heavy atom. The van der Waals surface area contributed by atoms with Crippen LogP contribution in [0.4, 0.5) is 15.6 Å². The van der Waals surface area contributed by atoms with E-state index < -0.39 is 6.03 Å². The van der Waals surface area contributed by atoms with E-state index in [2.05, 4.69) is 20.9 Å². The van der Waals surface area contributed by atoms with Gasteiger partial charge in [0.2, 0.25) is 0 Å². The predicted octanol–water partition coefficient (Wildman–Crippen LogP) is 5.20. The summed E-state index contributed by atoms with van der Waals surface area (Å²) in [6, 6.07) is 6.67. The highest BCUT2D eigenvalue weighted by Crippen LogP contribution is 2.24. The largest absolute Gasteiger partial charge is 0.349 e. The van der Waals surface area contributed by atoms with Crippen LogP contribution in [0.25, 0.3) is 0 Å². The zero-order valence-corrected chi connectivity index (χ0v) is 16.8. The standard InChI is InChI=1S/C19H23ClN4O2S/c1-12-16(17(25)22-14-8-4-2-3-5-9-14)27-19(21-12)24-18(26)23-15-10-6-7-13(20)11-15/h6-7,10-11,14H,2-5,8-9H2,1H3,(H,22,25)(H2,21,23,24,26). The van der Waals surface area contributed by atoms with Gasteiger partial charge in [-0.1, -0.05) is 54.7 Å². The van der Waals surface area contributed by atoms with Crippen LogP contribution in [0.5, 0.6) is 0 Å². The zero-order valence-electron chi connectivity index (χ0n) is 15.2. The summed E-state index contributed by atoms with van der Waals surface area (Å²) in [5.74, 6) is -0.111. The molecule has 1 saturated carbocycles. The molecule has 1 aliphatic carbocycles. The van der Waals surface area contributed by atoms with Crippen molar-refractivity contribution in [2.45, 2.75) is 51.5 Å². The topological polar surface area (TPSA) is 83.1 Å². The maximum atomic E-state index is 12.6. The van der Waals surface area contributed by atoms with Crippen molar-refractivity contribution in [1.29, 1.82) is 0 Å². The van der Waals surface area contributed by atoms with E-state index in [0.717, 1.165) is 25.7 Å². The number of hydrogen-bond donors (Lipinski definition) is 3. The van der Waals surface area contributed by atoms with Crippen molar-refractivity contribution in [1.82, 2.24) is 10.3 Å². The Kier molecular flexibility index (Phi) is 6.68. The number of nitrogens with zero attached hydrogens (tertiary/aromatic N) is 1. The molecule has 27 heavy (non-hydrogen) atoms. The molecule has 1 aliphatic rings. The number of rotatable bonds is 4. The van der Waals surface area contributed by atoms with E-state index >= 15 is 0 Å². The van der Waals surface area contributed by atoms with Crippen molar-refractivity contribution in [3.8, 4) is 0 Å². The van der Waals surface area contributed by atoms with E-state index in [1.54, 1.807) is 31.2 Å². The van der Waals surface area contributed by atoms with Crippen LogP contribution >= 0.6 is 22.9 Å². The number of hydrogen-bond acceptors (Lipinski definition) is 4. The molecule has 1 fully saturated rings. The van der Waals surface area contributed by atoms with Crippen molar-refractivity contribution in [3.05, 3.63) is 39.9 Å². The molecule has 1 aromatic carbocycles. The number of halogens is 1. The molecule has 0 atom stereocenters. The van der Waals surface area contributed by atoms with Crippen LogP contribution in [-0.4, -0.2) is 23.0 Å². The van der Waals surface area contributed by atoms with Crippen molar-refractivity contribution in [2.24, 2.45) is 0 Å². The summed E-state index contributed by atoms with van der Waals surface area (Å²) < 4.78 is 0. The maximum Gasteiger partial charge on any atom is 0.325 e. The van der Waals surface area contributed by atoms with Gasteiger partial charge >= 0.3 is 6.03 Å². The van der Waals surface area contributed by atoms with Gasteiger partial charge in [-0.3, -0.25) is 10.1 Å². The second-order valence-electron chi connectivity index (χ2n) is 6.68. The van der Waals surface area contributed by atoms with E-state index in [1.165, 1.54) is 24.2 Å². The molecule has 3 amide bonds. The zero-order chi connectivity index (χ0) is 19.2. The number of amides is 3. The van der Waals surface area contributed by atoms with Crippen LogP contribution in [0.2, 0.25) is 5.02 Å². The highest BCUT2D eigenvalue weighted by Gasteiger charge is 2.20. The molecule has 144 valence electrons. The Hall–Kier alpha value is -2.12. The lowest BCUT2D eigenvalue weighted by atomic mass is 10.1. The third-order valence-corrected chi connectivity index (χ3v) is 5.80. The molecule has 0 saturated heterocycles. The number of aromatic nitrogens is 1. The van der Waals surface area contributed by atoms with Gasteiger partial charge in [-0.25, -0.2) is 9.78 Å². The molecule has 3 N–H and O–H groups in total. The Morgan fingerprint density at radius 2 is 1.89 bits per heavy atom. The first-order valence-electron chi connectivity index (χ1n) is 9.13. The van der Waals surface area contributed by atoms with E-state index in [1.807, 2.05) is 0 Å². The monoisotopic (exact) mass is 406 g/mol. The van der Waals surface area contributed by atoms with Gasteiger partial charge in [0.15, 0.2) is 5.13 Å². The molecule has 0 bridgehead atoms. The lowest BCUT2D eigenvalue weighted by Crippen LogP contribution is -2.34. The first kappa shape index (κ1) is 19.6. The summed E-state index contributed by atoms with van der Waals surface area (Å²) >= 11 is 7.09. The number of urea groups is 1. The number of nitrogens with one attached hydrogen (secondary N) is 3. The lowest BCUT2D eigenvalue weighted by molar-refractivity contribution is 0.0936. The van der Waals surface area contributed by atoms with Gasteiger partial charge in [0.1, 0.15) is 4.88 Å². The van der Waals surface area contributed by atoms with Crippen LogP contribution < -0.4 is 16.0 Å². The van der Waals surface area contributed by atoms with Gasteiger partial charge in [-0.15, -0.1) is 0 Å². The third kappa shape index (κ3) is 5.68. The molecule has 0 spiro atoms. The van der Waals surface area contributed by atoms with Gasteiger partial charge in [0, 0.05) is 16.8 Å².